The van der Waals surface area contributed by atoms with Gasteiger partial charge in [-0.15, -0.1) is 0 Å². The van der Waals surface area contributed by atoms with E-state index in [0.717, 1.165) is 17.7 Å². The number of ether oxygens (including phenoxy) is 1. The Morgan fingerprint density at radius 1 is 1.15 bits per heavy atom. The van der Waals surface area contributed by atoms with Gasteiger partial charge in [0.15, 0.2) is 5.96 Å². The fraction of sp³-hybridized carbons (Fsp3) is 0.375. The second kappa shape index (κ2) is 9.56. The molecule has 9 heteroatoms. The second-order valence-electron chi connectivity index (χ2n) is 8.39. The molecule has 2 heterocycles. The summed E-state index contributed by atoms with van der Waals surface area (Å²) >= 11 is 0. The number of benzene rings is 2. The van der Waals surface area contributed by atoms with Crippen molar-refractivity contribution in [1.29, 1.82) is 0 Å². The van der Waals surface area contributed by atoms with Crippen LogP contribution in [0.5, 0.6) is 0 Å². The number of carbonyl (C=O) groups excluding carboxylic acids is 2. The number of guanidine groups is 1. The van der Waals surface area contributed by atoms with Crippen molar-refractivity contribution in [1.82, 2.24) is 9.80 Å². The number of carbonyl (C=O) groups is 2. The molecule has 0 spiro atoms. The summed E-state index contributed by atoms with van der Waals surface area (Å²) in [4.78, 5) is 32.9. The van der Waals surface area contributed by atoms with E-state index in [1.54, 1.807) is 4.90 Å². The average molecular weight is 456 g/mol. The first-order valence-electron chi connectivity index (χ1n) is 10.9. The minimum Gasteiger partial charge on any atom is -0.445 e. The molecule has 2 aliphatic heterocycles. The van der Waals surface area contributed by atoms with Crippen molar-refractivity contribution >= 4 is 18.0 Å². The molecule has 2 amide bonds. The Morgan fingerprint density at radius 3 is 2.52 bits per heavy atom. The maximum absolute atomic E-state index is 14.6. The Bertz CT molecular complexity index is 1050. The number of hydrogen-bond acceptors (Lipinski definition) is 5. The van der Waals surface area contributed by atoms with Gasteiger partial charge in [-0.2, -0.15) is 0 Å². The Morgan fingerprint density at radius 2 is 1.85 bits per heavy atom. The zero-order chi connectivity index (χ0) is 23.5. The molecular weight excluding hydrogens is 430 g/mol. The SMILES string of the molecule is CN1C(=O)C(C2CCN(C(=O)OCc3ccccc3)CC2)[C@@H](c2ccc(F)cc2F)N=C1N. The topological polar surface area (TPSA) is 88.2 Å². The predicted octanol–water partition coefficient (Wildman–Crippen LogP) is 3.46. The zero-order valence-electron chi connectivity index (χ0n) is 18.3. The highest BCUT2D eigenvalue weighted by atomic mass is 19.1. The summed E-state index contributed by atoms with van der Waals surface area (Å²) in [5.41, 5.74) is 6.93. The molecular formula is C24H26F2N4O3. The number of hydrogen-bond donors (Lipinski definition) is 1. The van der Waals surface area contributed by atoms with Gasteiger partial charge < -0.3 is 15.4 Å². The van der Waals surface area contributed by atoms with E-state index in [9.17, 15) is 18.4 Å². The number of nitrogens with two attached hydrogens (primary N) is 1. The molecule has 174 valence electrons. The highest BCUT2D eigenvalue weighted by Crippen LogP contribution is 2.41. The lowest BCUT2D eigenvalue weighted by atomic mass is 9.76. The normalized spacial score (nSPS) is 21.7. The Balaban J connectivity index is 1.46. The van der Waals surface area contributed by atoms with Crippen molar-refractivity contribution in [3.05, 3.63) is 71.3 Å². The van der Waals surface area contributed by atoms with E-state index in [2.05, 4.69) is 4.99 Å². The van der Waals surface area contributed by atoms with E-state index in [1.165, 1.54) is 18.0 Å². The number of amides is 2. The first kappa shape index (κ1) is 22.7. The summed E-state index contributed by atoms with van der Waals surface area (Å²) in [5.74, 6) is -2.55. The van der Waals surface area contributed by atoms with Gasteiger partial charge in [0, 0.05) is 31.8 Å². The third-order valence-electron chi connectivity index (χ3n) is 6.36. The molecule has 1 unspecified atom stereocenters. The van der Waals surface area contributed by atoms with Crippen molar-refractivity contribution < 1.29 is 23.1 Å². The van der Waals surface area contributed by atoms with Crippen LogP contribution in [-0.4, -0.2) is 47.9 Å². The first-order valence-corrected chi connectivity index (χ1v) is 10.9. The predicted molar refractivity (Wildman–Crippen MR) is 118 cm³/mol. The van der Waals surface area contributed by atoms with E-state index < -0.39 is 29.7 Å². The standard InChI is InChI=1S/C24H26F2N4O3/c1-29-22(31)20(21(28-23(29)27)18-8-7-17(25)13-19(18)26)16-9-11-30(12-10-16)24(32)33-14-15-5-3-2-4-6-15/h2-8,13,16,20-21H,9-12,14H2,1H3,(H2,27,28)/t20?,21-/m1/s1. The molecule has 1 fully saturated rings. The summed E-state index contributed by atoms with van der Waals surface area (Å²) in [6.45, 7) is 0.999. The van der Waals surface area contributed by atoms with Crippen molar-refractivity contribution in [2.45, 2.75) is 25.5 Å². The van der Waals surface area contributed by atoms with Gasteiger partial charge in [-0.3, -0.25) is 9.69 Å². The first-order chi connectivity index (χ1) is 15.8. The van der Waals surface area contributed by atoms with Gasteiger partial charge in [0.05, 0.1) is 12.0 Å². The number of likely N-dealkylation sites (tertiary alicyclic amines) is 1. The molecule has 33 heavy (non-hydrogen) atoms. The summed E-state index contributed by atoms with van der Waals surface area (Å²) in [6.07, 6.45) is 0.645. The third kappa shape index (κ3) is 4.81. The maximum Gasteiger partial charge on any atom is 0.410 e. The zero-order valence-corrected chi connectivity index (χ0v) is 18.3. The molecule has 2 N–H and O–H groups in total. The molecule has 0 radical (unpaired) electrons. The molecule has 1 saturated heterocycles. The monoisotopic (exact) mass is 456 g/mol. The van der Waals surface area contributed by atoms with E-state index in [0.29, 0.717) is 25.9 Å². The number of aliphatic imine (C=N–C) groups is 1. The molecule has 0 saturated carbocycles. The van der Waals surface area contributed by atoms with Gasteiger partial charge in [-0.05, 0) is 30.4 Å². The molecule has 4 rings (SSSR count). The van der Waals surface area contributed by atoms with E-state index in [4.69, 9.17) is 10.5 Å². The molecule has 0 aromatic heterocycles. The number of piperidine rings is 1. The highest BCUT2D eigenvalue weighted by molar-refractivity contribution is 5.99. The summed E-state index contributed by atoms with van der Waals surface area (Å²) in [5, 5.41) is 0. The molecule has 0 bridgehead atoms. The highest BCUT2D eigenvalue weighted by Gasteiger charge is 2.44. The lowest BCUT2D eigenvalue weighted by Gasteiger charge is -2.40. The van der Waals surface area contributed by atoms with E-state index in [-0.39, 0.29) is 30.0 Å². The average Bonchev–Trinajstić information content (AvgIpc) is 2.82. The Kier molecular flexibility index (Phi) is 6.57. The molecule has 2 aliphatic rings. The summed E-state index contributed by atoms with van der Waals surface area (Å²) in [6, 6.07) is 11.8. The molecule has 7 nitrogen and oxygen atoms in total. The summed E-state index contributed by atoms with van der Waals surface area (Å²) in [7, 11) is 1.53. The van der Waals surface area contributed by atoms with E-state index >= 15 is 0 Å². The van der Waals surface area contributed by atoms with Crippen LogP contribution >= 0.6 is 0 Å². The van der Waals surface area contributed by atoms with Crippen LogP contribution in [0.25, 0.3) is 0 Å². The Hall–Kier alpha value is -3.49. The van der Waals surface area contributed by atoms with Crippen molar-refractivity contribution in [3.8, 4) is 0 Å². The van der Waals surface area contributed by atoms with Crippen LogP contribution in [0.1, 0.15) is 30.0 Å². The van der Waals surface area contributed by atoms with Gasteiger partial charge in [0.2, 0.25) is 5.91 Å². The Labute approximate surface area is 190 Å². The van der Waals surface area contributed by atoms with Gasteiger partial charge in [-0.1, -0.05) is 36.4 Å². The lowest BCUT2D eigenvalue weighted by Crippen LogP contribution is -2.51. The van der Waals surface area contributed by atoms with Crippen LogP contribution < -0.4 is 5.73 Å². The van der Waals surface area contributed by atoms with Crippen molar-refractivity contribution in [2.24, 2.45) is 22.6 Å². The molecule has 2 aromatic rings. The summed E-state index contributed by atoms with van der Waals surface area (Å²) < 4.78 is 33.4. The fourth-order valence-electron chi connectivity index (χ4n) is 4.50. The van der Waals surface area contributed by atoms with Crippen molar-refractivity contribution in [2.75, 3.05) is 20.1 Å². The minimum absolute atomic E-state index is 0.00750. The lowest BCUT2D eigenvalue weighted by molar-refractivity contribution is -0.135. The number of halogens is 2. The van der Waals surface area contributed by atoms with Gasteiger partial charge in [-0.25, -0.2) is 18.6 Å². The number of rotatable bonds is 4. The molecule has 2 atom stereocenters. The second-order valence-corrected chi connectivity index (χ2v) is 8.39. The third-order valence-corrected chi connectivity index (χ3v) is 6.36. The van der Waals surface area contributed by atoms with E-state index in [1.807, 2.05) is 30.3 Å². The largest absolute Gasteiger partial charge is 0.445 e. The quantitative estimate of drug-likeness (QED) is 0.763. The van der Waals surface area contributed by atoms with Crippen LogP contribution in [0, 0.1) is 23.5 Å². The van der Waals surface area contributed by atoms with Crippen LogP contribution in [0.4, 0.5) is 13.6 Å². The molecule has 2 aromatic carbocycles. The smallest absolute Gasteiger partial charge is 0.410 e. The molecule has 0 aliphatic carbocycles. The van der Waals surface area contributed by atoms with Gasteiger partial charge in [0.1, 0.15) is 18.2 Å². The minimum atomic E-state index is -0.851. The fourth-order valence-corrected chi connectivity index (χ4v) is 4.50. The van der Waals surface area contributed by atoms with Crippen molar-refractivity contribution in [3.63, 3.8) is 0 Å². The van der Waals surface area contributed by atoms with Crippen LogP contribution in [0.3, 0.4) is 0 Å². The van der Waals surface area contributed by atoms with Gasteiger partial charge >= 0.3 is 6.09 Å². The number of nitrogens with zero attached hydrogens (tertiary/aromatic N) is 3. The van der Waals surface area contributed by atoms with Gasteiger partial charge in [0.25, 0.3) is 0 Å². The maximum atomic E-state index is 14.6. The van der Waals surface area contributed by atoms with Crippen LogP contribution in [0.15, 0.2) is 53.5 Å². The van der Waals surface area contributed by atoms with Crippen LogP contribution in [0.2, 0.25) is 0 Å². The van der Waals surface area contributed by atoms with Crippen LogP contribution in [-0.2, 0) is 16.1 Å².